The summed E-state index contributed by atoms with van der Waals surface area (Å²) < 4.78 is 9.55. The van der Waals surface area contributed by atoms with Gasteiger partial charge in [0.05, 0.1) is 59.6 Å². The molecular formula is C20H37KN4O13. The smallest absolute Gasteiger partial charge is 0.870 e. The third-order valence-corrected chi connectivity index (χ3v) is 4.37. The van der Waals surface area contributed by atoms with E-state index in [2.05, 4.69) is 13.5 Å². The van der Waals surface area contributed by atoms with Gasteiger partial charge in [-0.05, 0) is 12.8 Å². The molecule has 0 aliphatic carbocycles. The molecule has 0 saturated heterocycles. The minimum atomic E-state index is -2.33. The minimum absolute atomic E-state index is 0. The first-order chi connectivity index (χ1) is 16.7. The number of nitro groups is 4. The molecule has 0 aromatic carbocycles. The van der Waals surface area contributed by atoms with E-state index in [0.29, 0.717) is 6.61 Å². The molecule has 0 rings (SSSR count). The molecule has 0 unspecified atom stereocenters. The zero-order valence-electron chi connectivity index (χ0n) is 22.6. The normalized spacial score (nSPS) is 9.50. The fraction of sp³-hybridized carbons (Fsp3) is 0.800. The molecule has 0 aliphatic rings. The number of carbonyl (C=O) groups excluding carboxylic acids is 2. The van der Waals surface area contributed by atoms with Gasteiger partial charge in [-0.2, -0.15) is 0 Å². The first-order valence-corrected chi connectivity index (χ1v) is 11.2. The Hall–Kier alpha value is -2.12. The molecule has 0 amide bonds. The van der Waals surface area contributed by atoms with Crippen LogP contribution in [0.15, 0.2) is 12.7 Å². The minimum Gasteiger partial charge on any atom is -0.870 e. The zero-order valence-corrected chi connectivity index (χ0v) is 25.7. The Morgan fingerprint density at radius 1 is 0.868 bits per heavy atom. The van der Waals surface area contributed by atoms with Gasteiger partial charge in [-0.15, -0.1) is 0 Å². The first kappa shape index (κ1) is 45.8. The third kappa shape index (κ3) is 25.5. The van der Waals surface area contributed by atoms with E-state index >= 15 is 0 Å². The molecular weight excluding hydrogens is 543 g/mol. The van der Waals surface area contributed by atoms with Crippen LogP contribution in [0.3, 0.4) is 0 Å². The van der Waals surface area contributed by atoms with Gasteiger partial charge in [0.2, 0.25) is 0 Å². The van der Waals surface area contributed by atoms with Crippen molar-refractivity contribution in [1.29, 1.82) is 0 Å². The molecule has 38 heavy (non-hydrogen) atoms. The van der Waals surface area contributed by atoms with Crippen LogP contribution in [0.2, 0.25) is 0 Å². The Balaban J connectivity index is -0.000000155. The van der Waals surface area contributed by atoms with Crippen LogP contribution in [-0.2, 0) is 19.1 Å². The van der Waals surface area contributed by atoms with E-state index in [0.717, 1.165) is 52.4 Å². The summed E-state index contributed by atoms with van der Waals surface area (Å²) in [4.78, 5) is 58.0. The SMILES string of the molecule is C=CC(=O)OCCCCC.CC([N+](=O)[O-])[N+](=O)[O-].CCCCCOC(=O)CCC(C)([N+](=O)[O-])[N+](=O)[O-].[K+].[OH-]. The Labute approximate surface area is 263 Å². The molecule has 0 aromatic rings. The van der Waals surface area contributed by atoms with Gasteiger partial charge < -0.3 is 14.9 Å². The Morgan fingerprint density at radius 3 is 1.55 bits per heavy atom. The number of carbonyl (C=O) groups is 2. The number of nitrogens with zero attached hydrogens (tertiary/aromatic N) is 4. The predicted molar refractivity (Wildman–Crippen MR) is 128 cm³/mol. The molecule has 17 nitrogen and oxygen atoms in total. The van der Waals surface area contributed by atoms with Gasteiger partial charge in [0.1, 0.15) is 0 Å². The van der Waals surface area contributed by atoms with E-state index in [4.69, 9.17) is 9.47 Å². The number of ether oxygens (including phenoxy) is 2. The summed E-state index contributed by atoms with van der Waals surface area (Å²) >= 11 is 0. The quantitative estimate of drug-likeness (QED) is 0.0455. The van der Waals surface area contributed by atoms with Crippen LogP contribution in [0.4, 0.5) is 0 Å². The molecule has 0 spiro atoms. The van der Waals surface area contributed by atoms with Gasteiger partial charge in [-0.25, -0.2) is 4.79 Å². The predicted octanol–water partition coefficient (Wildman–Crippen LogP) is 0.388. The van der Waals surface area contributed by atoms with Gasteiger partial charge in [0.15, 0.2) is 0 Å². The summed E-state index contributed by atoms with van der Waals surface area (Å²) in [5, 5.41) is 40.2. The zero-order chi connectivity index (χ0) is 28.7. The Kier molecular flexibility index (Phi) is 33.6. The van der Waals surface area contributed by atoms with Crippen molar-refractivity contribution in [2.45, 2.75) is 90.9 Å². The van der Waals surface area contributed by atoms with E-state index in [9.17, 15) is 50.0 Å². The molecule has 0 heterocycles. The molecule has 0 aromatic heterocycles. The van der Waals surface area contributed by atoms with Crippen LogP contribution in [0, 0.1) is 40.5 Å². The molecule has 0 radical (unpaired) electrons. The van der Waals surface area contributed by atoms with E-state index in [-0.39, 0.29) is 75.9 Å². The van der Waals surface area contributed by atoms with Crippen molar-refractivity contribution in [3.63, 3.8) is 0 Å². The maximum absolute atomic E-state index is 11.2. The maximum Gasteiger partial charge on any atom is 1.00 e. The molecule has 18 heteroatoms. The number of unbranched alkanes of at least 4 members (excludes halogenated alkanes) is 4. The van der Waals surface area contributed by atoms with Crippen molar-refractivity contribution in [2.24, 2.45) is 0 Å². The molecule has 0 bridgehead atoms. The van der Waals surface area contributed by atoms with Crippen LogP contribution in [0.5, 0.6) is 0 Å². The molecule has 1 N–H and O–H groups in total. The number of esters is 2. The van der Waals surface area contributed by atoms with Crippen LogP contribution < -0.4 is 51.4 Å². The second kappa shape index (κ2) is 27.9. The van der Waals surface area contributed by atoms with Crippen LogP contribution in [0.25, 0.3) is 0 Å². The van der Waals surface area contributed by atoms with Crippen LogP contribution in [0.1, 0.15) is 79.1 Å². The average molecular weight is 581 g/mol. The largest absolute Gasteiger partial charge is 1.00 e. The van der Waals surface area contributed by atoms with Crippen molar-refractivity contribution in [3.8, 4) is 0 Å². The number of rotatable bonds is 16. The van der Waals surface area contributed by atoms with E-state index < -0.39 is 43.9 Å². The van der Waals surface area contributed by atoms with Crippen LogP contribution in [-0.4, -0.2) is 62.2 Å². The monoisotopic (exact) mass is 580 g/mol. The molecule has 0 saturated carbocycles. The van der Waals surface area contributed by atoms with Gasteiger partial charge in [0, 0.05) is 6.08 Å². The summed E-state index contributed by atoms with van der Waals surface area (Å²) in [6, 6.07) is 0. The summed E-state index contributed by atoms with van der Waals surface area (Å²) in [6.07, 6.45) is 4.55. The van der Waals surface area contributed by atoms with E-state index in [1.807, 2.05) is 6.92 Å². The third-order valence-electron chi connectivity index (χ3n) is 4.37. The summed E-state index contributed by atoms with van der Waals surface area (Å²) in [7, 11) is 0. The molecule has 0 fully saturated rings. The van der Waals surface area contributed by atoms with Crippen molar-refractivity contribution >= 4 is 11.9 Å². The van der Waals surface area contributed by atoms with Crippen molar-refractivity contribution in [1.82, 2.24) is 0 Å². The fourth-order valence-corrected chi connectivity index (χ4v) is 1.86. The molecule has 0 aliphatic heterocycles. The summed E-state index contributed by atoms with van der Waals surface area (Å²) in [5.41, 5.74) is -2.33. The number of hydrogen-bond donors (Lipinski definition) is 0. The average Bonchev–Trinajstić information content (AvgIpc) is 2.82. The first-order valence-electron chi connectivity index (χ1n) is 11.2. The van der Waals surface area contributed by atoms with Crippen LogP contribution >= 0.6 is 0 Å². The van der Waals surface area contributed by atoms with Gasteiger partial charge in [-0.1, -0.05) is 46.1 Å². The Morgan fingerprint density at radius 2 is 1.26 bits per heavy atom. The fourth-order valence-electron chi connectivity index (χ4n) is 1.86. The van der Waals surface area contributed by atoms with Crippen molar-refractivity contribution in [2.75, 3.05) is 13.2 Å². The molecule has 0 atom stereocenters. The standard InChI is InChI=1S/C10H18N2O6.C8H14O2.C2H4N2O4.K.H2O/c1-3-4-5-8-18-9(13)6-7-10(2,11(14)15)12(16)17;1-3-5-6-7-10-8(9)4-2;1-2(3(5)6)4(7)8;;/h3-8H2,1-2H3;4H,2-3,5-7H2,1H3;2H,1H3;;1H2/q;;;+1;/p-1. The van der Waals surface area contributed by atoms with Gasteiger partial charge in [-0.3, -0.25) is 45.3 Å². The Bertz CT molecular complexity index is 710. The van der Waals surface area contributed by atoms with Crippen molar-refractivity contribution in [3.05, 3.63) is 53.1 Å². The number of hydrogen-bond acceptors (Lipinski definition) is 13. The van der Waals surface area contributed by atoms with E-state index in [1.54, 1.807) is 0 Å². The van der Waals surface area contributed by atoms with Gasteiger partial charge in [0.25, 0.3) is 0 Å². The second-order valence-electron chi connectivity index (χ2n) is 7.44. The summed E-state index contributed by atoms with van der Waals surface area (Å²) in [6.45, 7) is 9.97. The van der Waals surface area contributed by atoms with Gasteiger partial charge >= 0.3 is 75.2 Å². The summed E-state index contributed by atoms with van der Waals surface area (Å²) in [5.74, 6) is -0.961. The topological polar surface area (TPSA) is 255 Å². The maximum atomic E-state index is 11.2. The van der Waals surface area contributed by atoms with Crippen molar-refractivity contribution < 1.29 is 95.6 Å². The second-order valence-corrected chi connectivity index (χ2v) is 7.44. The van der Waals surface area contributed by atoms with E-state index in [1.165, 1.54) is 6.08 Å². The molecule has 216 valence electrons.